The molecule has 2 aromatic carbocycles. The van der Waals surface area contributed by atoms with Crippen LogP contribution in [0.3, 0.4) is 0 Å². The summed E-state index contributed by atoms with van der Waals surface area (Å²) in [5.41, 5.74) is 8.46. The van der Waals surface area contributed by atoms with E-state index in [0.717, 1.165) is 63.8 Å². The van der Waals surface area contributed by atoms with Crippen molar-refractivity contribution in [3.05, 3.63) is 105 Å². The fourth-order valence-corrected chi connectivity index (χ4v) is 8.15. The predicted molar refractivity (Wildman–Crippen MR) is 179 cm³/mol. The maximum Gasteiger partial charge on any atom is 0.209 e. The van der Waals surface area contributed by atoms with Crippen LogP contribution in [0.5, 0.6) is 0 Å². The van der Waals surface area contributed by atoms with Crippen LogP contribution in [-0.4, -0.2) is 75.4 Å². The van der Waals surface area contributed by atoms with E-state index in [1.54, 1.807) is 24.3 Å². The number of rotatable bonds is 7. The van der Waals surface area contributed by atoms with E-state index in [-0.39, 0.29) is 22.5 Å². The van der Waals surface area contributed by atoms with E-state index in [4.69, 9.17) is 0 Å². The first-order valence-electron chi connectivity index (χ1n) is 15.0. The first-order chi connectivity index (χ1) is 20.2. The quantitative estimate of drug-likeness (QED) is 0.207. The molecule has 0 amide bonds. The maximum absolute atomic E-state index is 14.2. The van der Waals surface area contributed by atoms with Crippen LogP contribution in [-0.2, 0) is 10.8 Å². The number of nitrogens with zero attached hydrogens (tertiary/aromatic N) is 3. The van der Waals surface area contributed by atoms with Gasteiger partial charge in [-0.2, -0.15) is 4.58 Å². The molecule has 0 radical (unpaired) electrons. The smallest absolute Gasteiger partial charge is 0.209 e. The van der Waals surface area contributed by atoms with Gasteiger partial charge >= 0.3 is 0 Å². The molecule has 5 rings (SSSR count). The second-order valence-electron chi connectivity index (χ2n) is 13.7. The third kappa shape index (κ3) is 5.79. The van der Waals surface area contributed by atoms with Crippen LogP contribution in [0.15, 0.2) is 82.5 Å². The van der Waals surface area contributed by atoms with Gasteiger partial charge in [0.15, 0.2) is 5.71 Å². The van der Waals surface area contributed by atoms with Crippen molar-refractivity contribution in [1.29, 1.82) is 0 Å². The highest BCUT2D eigenvalue weighted by atomic mass is 32.2. The summed E-state index contributed by atoms with van der Waals surface area (Å²) in [5, 5.41) is 3.29. The van der Waals surface area contributed by atoms with Gasteiger partial charge in [0.25, 0.3) is 0 Å². The van der Waals surface area contributed by atoms with Gasteiger partial charge in [0.05, 0.1) is 19.5 Å². The second-order valence-corrected chi connectivity index (χ2v) is 14.8. The number of fused-ring (bicyclic) bond motifs is 2. The minimum atomic E-state index is -0.308. The minimum absolute atomic E-state index is 0.198. The maximum atomic E-state index is 14.2. The van der Waals surface area contributed by atoms with Crippen LogP contribution in [0, 0.1) is 11.6 Å². The number of nitrogens with one attached hydrogen (secondary N) is 1. The number of hydrogen-bond donors (Lipinski definition) is 1. The van der Waals surface area contributed by atoms with Crippen molar-refractivity contribution in [3.63, 3.8) is 0 Å². The van der Waals surface area contributed by atoms with Crippen LogP contribution < -0.4 is 10.2 Å². The Kier molecular flexibility index (Phi) is 8.40. The number of thioether (sulfide) groups is 1. The standard InChI is InChI=1S/C36H46F2N4S/c1-35(2)28-20-26(37)12-14-30(28)40(6)32(35)16-10-24-22-42(8,9)23-25(34(24)43-19-18-39-5)11-17-33-36(3,4)29-21-27(38)13-15-31(29)41(33)7/h10-17,20-21,39H,18-19,22-23H2,1-9H3/q+2. The minimum Gasteiger partial charge on any atom is -0.347 e. The molecule has 3 heterocycles. The lowest BCUT2D eigenvalue weighted by Gasteiger charge is -2.37. The lowest BCUT2D eigenvalue weighted by Crippen LogP contribution is -2.45. The topological polar surface area (TPSA) is 18.3 Å². The zero-order valence-corrected chi connectivity index (χ0v) is 27.9. The third-order valence-electron chi connectivity index (χ3n) is 9.25. The normalized spacial score (nSPS) is 22.3. The lowest BCUT2D eigenvalue weighted by molar-refractivity contribution is -0.881. The Hall–Kier alpha value is -3.00. The van der Waals surface area contributed by atoms with Crippen molar-refractivity contribution in [3.8, 4) is 0 Å². The van der Waals surface area contributed by atoms with Crippen LogP contribution >= 0.6 is 11.8 Å². The molecule has 4 nitrogen and oxygen atoms in total. The summed E-state index contributed by atoms with van der Waals surface area (Å²) < 4.78 is 31.5. The Morgan fingerprint density at radius 3 is 2.33 bits per heavy atom. The van der Waals surface area contributed by atoms with Gasteiger partial charge in [0.1, 0.15) is 31.8 Å². The Morgan fingerprint density at radius 1 is 0.953 bits per heavy atom. The summed E-state index contributed by atoms with van der Waals surface area (Å²) in [7, 11) is 10.7. The number of hydrogen-bond acceptors (Lipinski definition) is 3. The highest BCUT2D eigenvalue weighted by molar-refractivity contribution is 8.03. The van der Waals surface area contributed by atoms with E-state index in [1.807, 2.05) is 30.9 Å². The molecule has 0 atom stereocenters. The molecule has 0 spiro atoms. The zero-order valence-electron chi connectivity index (χ0n) is 27.1. The zero-order chi connectivity index (χ0) is 31.3. The van der Waals surface area contributed by atoms with Crippen LogP contribution in [0.2, 0.25) is 0 Å². The summed E-state index contributed by atoms with van der Waals surface area (Å²) in [6.07, 6.45) is 9.07. The number of anilines is 1. The summed E-state index contributed by atoms with van der Waals surface area (Å²) in [4.78, 5) is 3.52. The van der Waals surface area contributed by atoms with Gasteiger partial charge in [-0.15, -0.1) is 11.8 Å². The molecule has 0 fully saturated rings. The van der Waals surface area contributed by atoms with Gasteiger partial charge in [0.2, 0.25) is 5.69 Å². The number of benzene rings is 2. The Labute approximate surface area is 260 Å². The number of likely N-dealkylation sites (N-methyl/N-ethyl adjacent to an activating group) is 2. The Balaban J connectivity index is 1.58. The van der Waals surface area contributed by atoms with E-state index < -0.39 is 0 Å². The molecule has 7 heteroatoms. The van der Waals surface area contributed by atoms with Crippen molar-refractivity contribution in [2.45, 2.75) is 38.5 Å². The van der Waals surface area contributed by atoms with Gasteiger partial charge in [0, 0.05) is 69.9 Å². The molecular formula is C36H46F2N4S+2. The number of halogens is 2. The van der Waals surface area contributed by atoms with Crippen LogP contribution in [0.1, 0.15) is 38.8 Å². The molecule has 0 unspecified atom stereocenters. The van der Waals surface area contributed by atoms with Crippen molar-refractivity contribution in [1.82, 2.24) is 5.32 Å². The molecule has 0 aliphatic carbocycles. The second kappa shape index (κ2) is 11.5. The Bertz CT molecular complexity index is 1610. The summed E-state index contributed by atoms with van der Waals surface area (Å²) in [5.74, 6) is 0.569. The van der Waals surface area contributed by atoms with E-state index >= 15 is 0 Å². The Morgan fingerprint density at radius 2 is 1.63 bits per heavy atom. The molecule has 0 saturated carbocycles. The summed E-state index contributed by atoms with van der Waals surface area (Å²) >= 11 is 1.91. The van der Waals surface area contributed by atoms with E-state index in [2.05, 4.69) is 95.0 Å². The molecular weight excluding hydrogens is 558 g/mol. The molecule has 3 aliphatic rings. The van der Waals surface area contributed by atoms with Crippen LogP contribution in [0.4, 0.5) is 20.2 Å². The van der Waals surface area contributed by atoms with Gasteiger partial charge in [-0.25, -0.2) is 8.78 Å². The summed E-state index contributed by atoms with van der Waals surface area (Å²) in [6.45, 7) is 11.5. The van der Waals surface area contributed by atoms with Crippen molar-refractivity contribution >= 4 is 28.8 Å². The molecule has 0 aromatic heterocycles. The molecule has 43 heavy (non-hydrogen) atoms. The van der Waals surface area contributed by atoms with Crippen LogP contribution in [0.25, 0.3) is 0 Å². The fourth-order valence-electron chi connectivity index (χ4n) is 7.00. The first-order valence-corrected chi connectivity index (χ1v) is 16.0. The van der Waals surface area contributed by atoms with Gasteiger partial charge in [-0.1, -0.05) is 19.9 Å². The predicted octanol–water partition coefficient (Wildman–Crippen LogP) is 7.06. The van der Waals surface area contributed by atoms with Gasteiger partial charge in [-0.3, -0.25) is 0 Å². The van der Waals surface area contributed by atoms with E-state index in [1.165, 1.54) is 16.1 Å². The number of allylic oxidation sites excluding steroid dienone is 4. The lowest BCUT2D eigenvalue weighted by atomic mass is 9.81. The third-order valence-corrected chi connectivity index (χ3v) is 10.5. The SMILES string of the molecule is CNCCSC1=C(/C=C/C2=[N+](C)c3ccc(F)cc3C2(C)C)C[N+](C)(C)C/C1=C\C=C1\N(C)c2ccc(F)cc2C1(C)C. The average molecular weight is 605 g/mol. The number of quaternary nitrogens is 1. The molecule has 3 aliphatic heterocycles. The molecule has 0 bridgehead atoms. The van der Waals surface area contributed by atoms with E-state index in [0.29, 0.717) is 0 Å². The fraction of sp³-hybridized carbons (Fsp3) is 0.417. The van der Waals surface area contributed by atoms with E-state index in [9.17, 15) is 8.78 Å². The highest BCUT2D eigenvalue weighted by Crippen LogP contribution is 2.47. The largest absolute Gasteiger partial charge is 0.347 e. The van der Waals surface area contributed by atoms with Crippen molar-refractivity contribution < 1.29 is 17.8 Å². The summed E-state index contributed by atoms with van der Waals surface area (Å²) in [6, 6.07) is 10.2. The molecule has 1 N–H and O–H groups in total. The highest BCUT2D eigenvalue weighted by Gasteiger charge is 2.43. The molecule has 0 saturated heterocycles. The first kappa shape index (κ1) is 31.4. The molecule has 228 valence electrons. The van der Waals surface area contributed by atoms with Crippen molar-refractivity contribution in [2.75, 3.05) is 65.5 Å². The average Bonchev–Trinajstić information content (AvgIpc) is 3.23. The van der Waals surface area contributed by atoms with Gasteiger partial charge < -0.3 is 14.7 Å². The van der Waals surface area contributed by atoms with Crippen molar-refractivity contribution in [2.24, 2.45) is 0 Å². The molecule has 2 aromatic rings. The monoisotopic (exact) mass is 604 g/mol. The van der Waals surface area contributed by atoms with Gasteiger partial charge in [-0.05, 0) is 68.9 Å².